The number of hydrogen-bond acceptors (Lipinski definition) is 5. The van der Waals surface area contributed by atoms with Crippen molar-refractivity contribution in [3.63, 3.8) is 0 Å². The van der Waals surface area contributed by atoms with E-state index in [-0.39, 0.29) is 17.1 Å². The van der Waals surface area contributed by atoms with Gasteiger partial charge in [-0.05, 0) is 67.4 Å². The lowest BCUT2D eigenvalue weighted by molar-refractivity contribution is -0.137. The molecule has 0 radical (unpaired) electrons. The zero-order valence-corrected chi connectivity index (χ0v) is 19.6. The zero-order chi connectivity index (χ0) is 26.7. The van der Waals surface area contributed by atoms with Gasteiger partial charge in [0.25, 0.3) is 11.5 Å². The molecule has 37 heavy (non-hydrogen) atoms. The molecule has 186 valence electrons. The number of pyridine rings is 1. The summed E-state index contributed by atoms with van der Waals surface area (Å²) in [5.74, 6) is -0.756. The molecule has 0 aliphatic rings. The molecule has 0 unspecified atom stereocenters. The number of benzene rings is 2. The van der Waals surface area contributed by atoms with Gasteiger partial charge in [-0.3, -0.25) is 14.0 Å². The smallest absolute Gasteiger partial charge is 0.416 e. The first-order valence-electron chi connectivity index (χ1n) is 10.9. The van der Waals surface area contributed by atoms with Crippen LogP contribution >= 0.6 is 0 Å². The maximum absolute atomic E-state index is 13.4. The highest BCUT2D eigenvalue weighted by molar-refractivity contribution is 6.09. The van der Waals surface area contributed by atoms with E-state index in [2.05, 4.69) is 10.3 Å². The van der Waals surface area contributed by atoms with Gasteiger partial charge in [0.15, 0.2) is 0 Å². The van der Waals surface area contributed by atoms with E-state index in [0.717, 1.165) is 29.8 Å². The van der Waals surface area contributed by atoms with Crippen molar-refractivity contribution >= 4 is 23.3 Å². The fraction of sp³-hybridized carbons (Fsp3) is 0.111. The van der Waals surface area contributed by atoms with Crippen molar-refractivity contribution in [2.75, 3.05) is 5.32 Å². The second-order valence-electron chi connectivity index (χ2n) is 8.14. The van der Waals surface area contributed by atoms with Gasteiger partial charge in [0.05, 0.1) is 5.56 Å². The normalized spacial score (nSPS) is 11.7. The molecule has 7 nitrogen and oxygen atoms in total. The first-order chi connectivity index (χ1) is 17.6. The summed E-state index contributed by atoms with van der Waals surface area (Å²) in [6, 6.07) is 16.1. The SMILES string of the molecule is Cc1cccc(Oc2nc3c(C)cccn3c(=O)c2/C=C(/C#N)C(=O)Nc2cccc(C(F)(F)F)c2)c1. The summed E-state index contributed by atoms with van der Waals surface area (Å²) in [6.45, 7) is 3.61. The van der Waals surface area contributed by atoms with Crippen LogP contribution < -0.4 is 15.6 Å². The molecule has 0 atom stereocenters. The average molecular weight is 504 g/mol. The van der Waals surface area contributed by atoms with Crippen molar-refractivity contribution in [2.24, 2.45) is 0 Å². The number of nitrogens with one attached hydrogen (secondary N) is 1. The van der Waals surface area contributed by atoms with Crippen LogP contribution in [0.3, 0.4) is 0 Å². The van der Waals surface area contributed by atoms with Gasteiger partial charge in [-0.15, -0.1) is 0 Å². The van der Waals surface area contributed by atoms with Gasteiger partial charge < -0.3 is 10.1 Å². The largest absolute Gasteiger partial charge is 0.438 e. The molecule has 0 bridgehead atoms. The van der Waals surface area contributed by atoms with Gasteiger partial charge in [0, 0.05) is 11.9 Å². The molecule has 0 aliphatic carbocycles. The van der Waals surface area contributed by atoms with Gasteiger partial charge in [-0.2, -0.15) is 23.4 Å². The minimum Gasteiger partial charge on any atom is -0.438 e. The summed E-state index contributed by atoms with van der Waals surface area (Å²) in [4.78, 5) is 30.6. The van der Waals surface area contributed by atoms with Crippen LogP contribution in [-0.2, 0) is 11.0 Å². The lowest BCUT2D eigenvalue weighted by Crippen LogP contribution is -2.21. The van der Waals surface area contributed by atoms with Crippen LogP contribution in [0.1, 0.15) is 22.3 Å². The van der Waals surface area contributed by atoms with E-state index in [4.69, 9.17) is 4.74 Å². The number of nitriles is 1. The lowest BCUT2D eigenvalue weighted by atomic mass is 10.1. The molecule has 0 fully saturated rings. The molecule has 2 aromatic heterocycles. The molecule has 2 aromatic carbocycles. The Morgan fingerprint density at radius 1 is 1.11 bits per heavy atom. The summed E-state index contributed by atoms with van der Waals surface area (Å²) in [5.41, 5.74) is -0.544. The third kappa shape index (κ3) is 5.51. The lowest BCUT2D eigenvalue weighted by Gasteiger charge is -2.12. The van der Waals surface area contributed by atoms with Crippen LogP contribution in [0.25, 0.3) is 11.7 Å². The molecule has 0 saturated heterocycles. The molecule has 10 heteroatoms. The molecule has 1 N–H and O–H groups in total. The van der Waals surface area contributed by atoms with Crippen LogP contribution in [-0.4, -0.2) is 15.3 Å². The van der Waals surface area contributed by atoms with E-state index in [1.54, 1.807) is 43.3 Å². The predicted octanol–water partition coefficient (Wildman–Crippen LogP) is 5.67. The Bertz CT molecular complexity index is 1650. The fourth-order valence-corrected chi connectivity index (χ4v) is 3.55. The third-order valence-corrected chi connectivity index (χ3v) is 5.35. The number of halogens is 3. The zero-order valence-electron chi connectivity index (χ0n) is 19.6. The summed E-state index contributed by atoms with van der Waals surface area (Å²) in [5, 5.41) is 11.9. The molecule has 0 aliphatic heterocycles. The van der Waals surface area contributed by atoms with Crippen molar-refractivity contribution in [3.8, 4) is 17.7 Å². The highest BCUT2D eigenvalue weighted by atomic mass is 19.4. The van der Waals surface area contributed by atoms with Gasteiger partial charge in [-0.25, -0.2) is 0 Å². The van der Waals surface area contributed by atoms with Gasteiger partial charge in [0.1, 0.15) is 28.6 Å². The Labute approximate surface area is 209 Å². The van der Waals surface area contributed by atoms with Crippen molar-refractivity contribution in [2.45, 2.75) is 20.0 Å². The van der Waals surface area contributed by atoms with Gasteiger partial charge in [0.2, 0.25) is 5.88 Å². The standard InChI is InChI=1S/C27H19F3N4O3/c1-16-6-3-10-21(12-16)37-25-22(26(36)34-11-5-7-17(2)23(34)33-25)13-18(15-31)24(35)32-20-9-4-8-19(14-20)27(28,29)30/h3-14H,1-2H3,(H,32,35)/b18-13-. The molecular formula is C27H19F3N4O3. The molecule has 0 saturated carbocycles. The molecule has 4 aromatic rings. The first kappa shape index (κ1) is 25.2. The quantitative estimate of drug-likeness (QED) is 0.279. The molecule has 4 rings (SSSR count). The van der Waals surface area contributed by atoms with E-state index in [9.17, 15) is 28.0 Å². The number of alkyl halides is 3. The second-order valence-corrected chi connectivity index (χ2v) is 8.14. The Morgan fingerprint density at radius 2 is 1.86 bits per heavy atom. The maximum atomic E-state index is 13.4. The second kappa shape index (κ2) is 9.99. The van der Waals surface area contributed by atoms with Crippen LogP contribution in [0.15, 0.2) is 77.2 Å². The summed E-state index contributed by atoms with van der Waals surface area (Å²) < 4.78 is 46.2. The summed E-state index contributed by atoms with van der Waals surface area (Å²) >= 11 is 0. The Morgan fingerprint density at radius 3 is 2.57 bits per heavy atom. The minimum atomic E-state index is -4.61. The van der Waals surface area contributed by atoms with Crippen molar-refractivity contribution in [3.05, 3.63) is 105 Å². The number of carbonyl (C=O) groups excluding carboxylic acids is 1. The highest BCUT2D eigenvalue weighted by Gasteiger charge is 2.30. The number of rotatable bonds is 5. The average Bonchev–Trinajstić information content (AvgIpc) is 2.84. The maximum Gasteiger partial charge on any atom is 0.416 e. The first-order valence-corrected chi connectivity index (χ1v) is 10.9. The number of carbonyl (C=O) groups is 1. The van der Waals surface area contributed by atoms with Crippen molar-refractivity contribution < 1.29 is 22.7 Å². The number of aromatic nitrogens is 2. The van der Waals surface area contributed by atoms with Crippen LogP contribution in [0.5, 0.6) is 11.6 Å². The number of nitrogens with zero attached hydrogens (tertiary/aromatic N) is 3. The fourth-order valence-electron chi connectivity index (χ4n) is 3.55. The minimum absolute atomic E-state index is 0.135. The van der Waals surface area contributed by atoms with Gasteiger partial charge in [-0.1, -0.05) is 24.3 Å². The van der Waals surface area contributed by atoms with Crippen LogP contribution in [0, 0.1) is 25.2 Å². The van der Waals surface area contributed by atoms with E-state index in [1.807, 2.05) is 13.0 Å². The van der Waals surface area contributed by atoms with Gasteiger partial charge >= 0.3 is 6.18 Å². The van der Waals surface area contributed by atoms with E-state index in [1.165, 1.54) is 16.7 Å². The van der Waals surface area contributed by atoms with E-state index >= 15 is 0 Å². The van der Waals surface area contributed by atoms with Crippen molar-refractivity contribution in [1.29, 1.82) is 5.26 Å². The molecular weight excluding hydrogens is 485 g/mol. The van der Waals surface area contributed by atoms with E-state index < -0.39 is 28.8 Å². The Kier molecular flexibility index (Phi) is 6.80. The number of aryl methyl sites for hydroxylation is 2. The molecule has 2 heterocycles. The Hall–Kier alpha value is -4.91. The third-order valence-electron chi connectivity index (χ3n) is 5.35. The number of hydrogen-bond donors (Lipinski definition) is 1. The number of anilines is 1. The highest BCUT2D eigenvalue weighted by Crippen LogP contribution is 2.31. The monoisotopic (exact) mass is 504 g/mol. The number of ether oxygens (including phenoxy) is 1. The summed E-state index contributed by atoms with van der Waals surface area (Å²) in [6.07, 6.45) is -2.11. The topological polar surface area (TPSA) is 96.5 Å². The summed E-state index contributed by atoms with van der Waals surface area (Å²) in [7, 11) is 0. The number of fused-ring (bicyclic) bond motifs is 1. The molecule has 0 spiro atoms. The Balaban J connectivity index is 1.80. The van der Waals surface area contributed by atoms with Crippen LogP contribution in [0.2, 0.25) is 0 Å². The van der Waals surface area contributed by atoms with Crippen LogP contribution in [0.4, 0.5) is 18.9 Å². The molecule has 1 amide bonds. The number of amides is 1. The van der Waals surface area contributed by atoms with E-state index in [0.29, 0.717) is 17.0 Å². The van der Waals surface area contributed by atoms with Crippen molar-refractivity contribution in [1.82, 2.24) is 9.38 Å². The predicted molar refractivity (Wildman–Crippen MR) is 131 cm³/mol.